The minimum Gasteiger partial charge on any atom is -0.316 e. The lowest BCUT2D eigenvalue weighted by Gasteiger charge is -2.17. The minimum atomic E-state index is -4.25. The molecule has 1 aromatic rings. The van der Waals surface area contributed by atoms with Gasteiger partial charge in [-0.1, -0.05) is 39.3 Å². The van der Waals surface area contributed by atoms with Gasteiger partial charge in [0.15, 0.2) is 0 Å². The van der Waals surface area contributed by atoms with Gasteiger partial charge in [0.25, 0.3) is 0 Å². The van der Waals surface area contributed by atoms with E-state index in [9.17, 15) is 13.2 Å². The number of hydrogen-bond donors (Lipinski definition) is 1. The van der Waals surface area contributed by atoms with Gasteiger partial charge >= 0.3 is 6.18 Å². The normalized spacial score (nSPS) is 13.8. The molecule has 0 aliphatic carbocycles. The van der Waals surface area contributed by atoms with Crippen LogP contribution in [-0.2, 0) is 12.6 Å². The van der Waals surface area contributed by atoms with Crippen molar-refractivity contribution in [1.82, 2.24) is 5.32 Å². The van der Waals surface area contributed by atoms with Crippen molar-refractivity contribution in [1.29, 1.82) is 0 Å². The van der Waals surface area contributed by atoms with Crippen LogP contribution in [0.2, 0.25) is 0 Å². The number of hydrogen-bond acceptors (Lipinski definition) is 1. The molecule has 0 spiro atoms. The van der Waals surface area contributed by atoms with E-state index in [1.54, 1.807) is 12.1 Å². The van der Waals surface area contributed by atoms with E-state index in [0.717, 1.165) is 31.5 Å². The van der Waals surface area contributed by atoms with Crippen LogP contribution in [-0.4, -0.2) is 13.1 Å². The third-order valence-electron chi connectivity index (χ3n) is 3.37. The van der Waals surface area contributed by atoms with Gasteiger partial charge in [-0.05, 0) is 49.0 Å². The fourth-order valence-electron chi connectivity index (χ4n) is 2.10. The maximum absolute atomic E-state index is 12.5. The summed E-state index contributed by atoms with van der Waals surface area (Å²) in [6.07, 6.45) is -2.41. The lowest BCUT2D eigenvalue weighted by Crippen LogP contribution is -2.27. The Morgan fingerprint density at radius 1 is 1.05 bits per heavy atom. The van der Waals surface area contributed by atoms with Crippen molar-refractivity contribution in [2.24, 2.45) is 11.8 Å². The van der Waals surface area contributed by atoms with E-state index >= 15 is 0 Å². The number of alkyl halides is 3. The van der Waals surface area contributed by atoms with Gasteiger partial charge in [0.05, 0.1) is 5.56 Å². The molecule has 1 unspecified atom stereocenters. The molecule has 0 fully saturated rings. The van der Waals surface area contributed by atoms with E-state index in [-0.39, 0.29) is 0 Å². The van der Waals surface area contributed by atoms with Crippen molar-refractivity contribution in [3.8, 4) is 0 Å². The Labute approximate surface area is 119 Å². The third-order valence-corrected chi connectivity index (χ3v) is 3.37. The number of rotatable bonds is 7. The van der Waals surface area contributed by atoms with Crippen molar-refractivity contribution >= 4 is 0 Å². The molecule has 1 aromatic carbocycles. The van der Waals surface area contributed by atoms with Gasteiger partial charge in [-0.25, -0.2) is 0 Å². The molecule has 0 radical (unpaired) electrons. The van der Waals surface area contributed by atoms with Gasteiger partial charge < -0.3 is 5.32 Å². The molecule has 0 saturated carbocycles. The summed E-state index contributed by atoms with van der Waals surface area (Å²) in [5, 5.41) is 3.41. The van der Waals surface area contributed by atoms with Crippen LogP contribution in [0.25, 0.3) is 0 Å². The topological polar surface area (TPSA) is 12.0 Å². The summed E-state index contributed by atoms with van der Waals surface area (Å²) in [6.45, 7) is 8.32. The van der Waals surface area contributed by atoms with E-state index in [1.807, 2.05) is 0 Å². The average molecular weight is 287 g/mol. The number of halogens is 3. The maximum Gasteiger partial charge on any atom is 0.416 e. The first-order valence-electron chi connectivity index (χ1n) is 7.19. The summed E-state index contributed by atoms with van der Waals surface area (Å²) in [5.41, 5.74) is 0.392. The lowest BCUT2D eigenvalue weighted by atomic mass is 9.96. The van der Waals surface area contributed by atoms with Gasteiger partial charge in [0, 0.05) is 0 Å². The second-order valence-corrected chi connectivity index (χ2v) is 5.73. The Kier molecular flexibility index (Phi) is 6.53. The Bertz CT molecular complexity index is 382. The van der Waals surface area contributed by atoms with Crippen molar-refractivity contribution < 1.29 is 13.2 Å². The Morgan fingerprint density at radius 3 is 2.10 bits per heavy atom. The van der Waals surface area contributed by atoms with Gasteiger partial charge in [0.2, 0.25) is 0 Å². The largest absolute Gasteiger partial charge is 0.416 e. The monoisotopic (exact) mass is 287 g/mol. The van der Waals surface area contributed by atoms with Crippen LogP contribution in [0.3, 0.4) is 0 Å². The Hall–Kier alpha value is -1.03. The van der Waals surface area contributed by atoms with Crippen molar-refractivity contribution in [2.45, 2.75) is 39.8 Å². The molecular weight excluding hydrogens is 263 g/mol. The highest BCUT2D eigenvalue weighted by Gasteiger charge is 2.29. The van der Waals surface area contributed by atoms with Crippen LogP contribution in [0.15, 0.2) is 24.3 Å². The molecule has 20 heavy (non-hydrogen) atoms. The highest BCUT2D eigenvalue weighted by Crippen LogP contribution is 2.29. The molecule has 1 rings (SSSR count). The first-order valence-corrected chi connectivity index (χ1v) is 7.19. The zero-order valence-electron chi connectivity index (χ0n) is 12.4. The van der Waals surface area contributed by atoms with Crippen LogP contribution in [0, 0.1) is 11.8 Å². The predicted molar refractivity (Wildman–Crippen MR) is 76.6 cm³/mol. The first kappa shape index (κ1) is 17.0. The SMILES string of the molecule is CCC(CNCC(C)C)Cc1ccc(C(F)(F)F)cc1. The van der Waals surface area contributed by atoms with E-state index in [4.69, 9.17) is 0 Å². The van der Waals surface area contributed by atoms with Crippen LogP contribution in [0.4, 0.5) is 13.2 Å². The maximum atomic E-state index is 12.5. The van der Waals surface area contributed by atoms with Gasteiger partial charge in [-0.15, -0.1) is 0 Å². The molecule has 1 N–H and O–H groups in total. The van der Waals surface area contributed by atoms with Crippen LogP contribution in [0.5, 0.6) is 0 Å². The van der Waals surface area contributed by atoms with Crippen LogP contribution < -0.4 is 5.32 Å². The quantitative estimate of drug-likeness (QED) is 0.777. The fourth-order valence-corrected chi connectivity index (χ4v) is 2.10. The summed E-state index contributed by atoms with van der Waals surface area (Å²) < 4.78 is 37.4. The van der Waals surface area contributed by atoms with Crippen molar-refractivity contribution in [2.75, 3.05) is 13.1 Å². The first-order chi connectivity index (χ1) is 9.32. The highest BCUT2D eigenvalue weighted by atomic mass is 19.4. The van der Waals surface area contributed by atoms with Gasteiger partial charge in [-0.3, -0.25) is 0 Å². The molecule has 1 nitrogen and oxygen atoms in total. The number of benzene rings is 1. The fraction of sp³-hybridized carbons (Fsp3) is 0.625. The van der Waals surface area contributed by atoms with Crippen molar-refractivity contribution in [3.63, 3.8) is 0 Å². The Balaban J connectivity index is 2.53. The second kappa shape index (κ2) is 7.67. The molecule has 0 amide bonds. The molecule has 114 valence electrons. The summed E-state index contributed by atoms with van der Waals surface area (Å²) in [7, 11) is 0. The molecule has 0 aromatic heterocycles. The smallest absolute Gasteiger partial charge is 0.316 e. The second-order valence-electron chi connectivity index (χ2n) is 5.73. The molecule has 0 saturated heterocycles. The molecular formula is C16H24F3N. The van der Waals surface area contributed by atoms with Gasteiger partial charge in [0.1, 0.15) is 0 Å². The molecule has 1 atom stereocenters. The Morgan fingerprint density at radius 2 is 1.65 bits per heavy atom. The van der Waals surface area contributed by atoms with Crippen LogP contribution in [0.1, 0.15) is 38.3 Å². The van der Waals surface area contributed by atoms with E-state index in [2.05, 4.69) is 26.1 Å². The standard InChI is InChI=1S/C16H24F3N/c1-4-13(11-20-10-12(2)3)9-14-5-7-15(8-6-14)16(17,18)19/h5-8,12-13,20H,4,9-11H2,1-3H3. The van der Waals surface area contributed by atoms with Crippen LogP contribution >= 0.6 is 0 Å². The van der Waals surface area contributed by atoms with E-state index in [1.165, 1.54) is 12.1 Å². The summed E-state index contributed by atoms with van der Waals surface area (Å²) in [4.78, 5) is 0. The van der Waals surface area contributed by atoms with E-state index in [0.29, 0.717) is 11.8 Å². The minimum absolute atomic E-state index is 0.463. The van der Waals surface area contributed by atoms with E-state index < -0.39 is 11.7 Å². The highest BCUT2D eigenvalue weighted by molar-refractivity contribution is 5.24. The van der Waals surface area contributed by atoms with Crippen molar-refractivity contribution in [3.05, 3.63) is 35.4 Å². The summed E-state index contributed by atoms with van der Waals surface area (Å²) in [5.74, 6) is 1.07. The molecule has 0 aliphatic rings. The zero-order chi connectivity index (χ0) is 15.2. The molecule has 0 aliphatic heterocycles. The summed E-state index contributed by atoms with van der Waals surface area (Å²) in [6, 6.07) is 5.52. The zero-order valence-corrected chi connectivity index (χ0v) is 12.4. The third kappa shape index (κ3) is 5.95. The van der Waals surface area contributed by atoms with Gasteiger partial charge in [-0.2, -0.15) is 13.2 Å². The lowest BCUT2D eigenvalue weighted by molar-refractivity contribution is -0.137. The number of nitrogens with one attached hydrogen (secondary N) is 1. The average Bonchev–Trinajstić information content (AvgIpc) is 2.36. The molecule has 0 heterocycles. The summed E-state index contributed by atoms with van der Waals surface area (Å²) >= 11 is 0. The molecule has 0 bridgehead atoms. The molecule has 4 heteroatoms. The predicted octanol–water partition coefficient (Wildman–Crippen LogP) is 4.52.